The minimum absolute atomic E-state index is 0.132. The fourth-order valence-corrected chi connectivity index (χ4v) is 1.06. The summed E-state index contributed by atoms with van der Waals surface area (Å²) in [5, 5.41) is 7.97. The summed E-state index contributed by atoms with van der Waals surface area (Å²) in [6, 6.07) is 1.69. The Labute approximate surface area is 104 Å². The van der Waals surface area contributed by atoms with Crippen molar-refractivity contribution in [3.05, 3.63) is 22.8 Å². The zero-order valence-corrected chi connectivity index (χ0v) is 10.3. The summed E-state index contributed by atoms with van der Waals surface area (Å²) in [6.07, 6.45) is 2.13. The van der Waals surface area contributed by atoms with Gasteiger partial charge in [0.05, 0.1) is 24.9 Å². The van der Waals surface area contributed by atoms with E-state index in [9.17, 15) is 9.59 Å². The van der Waals surface area contributed by atoms with Crippen LogP contribution >= 0.6 is 11.6 Å². The molecule has 17 heavy (non-hydrogen) atoms. The molecule has 0 aromatic rings. The van der Waals surface area contributed by atoms with Crippen molar-refractivity contribution in [3.8, 4) is 6.07 Å². The van der Waals surface area contributed by atoms with E-state index >= 15 is 0 Å². The number of hydrogen-bond donors (Lipinski definition) is 0. The van der Waals surface area contributed by atoms with Crippen LogP contribution in [0.2, 0.25) is 0 Å². The van der Waals surface area contributed by atoms with Gasteiger partial charge in [-0.15, -0.1) is 0 Å². The summed E-state index contributed by atoms with van der Waals surface area (Å²) in [7, 11) is 0. The number of nitriles is 1. The average molecular weight is 258 g/mol. The highest BCUT2D eigenvalue weighted by atomic mass is 35.5. The highest BCUT2D eigenvalue weighted by molar-refractivity contribution is 6.43. The molecule has 0 aliphatic heterocycles. The van der Waals surface area contributed by atoms with E-state index in [0.717, 1.165) is 12.2 Å². The van der Waals surface area contributed by atoms with E-state index in [1.807, 2.05) is 0 Å². The molecular formula is C11H12ClNO4. The number of halogens is 1. The molecule has 0 aromatic heterocycles. The van der Waals surface area contributed by atoms with Crippen LogP contribution in [0.25, 0.3) is 0 Å². The molecule has 0 saturated carbocycles. The van der Waals surface area contributed by atoms with Crippen molar-refractivity contribution in [2.75, 3.05) is 13.2 Å². The fraction of sp³-hybridized carbons (Fsp3) is 0.364. The molecule has 0 aliphatic rings. The maximum absolute atomic E-state index is 11.5. The Hall–Kier alpha value is -1.80. The molecule has 0 bridgehead atoms. The molecule has 0 radical (unpaired) electrons. The Balaban J connectivity index is 5.21. The summed E-state index contributed by atoms with van der Waals surface area (Å²) in [4.78, 5) is 22.8. The highest BCUT2D eigenvalue weighted by Crippen LogP contribution is 2.15. The van der Waals surface area contributed by atoms with Crippen LogP contribution in [0.1, 0.15) is 13.8 Å². The Morgan fingerprint density at radius 1 is 1.24 bits per heavy atom. The molecule has 0 fully saturated rings. The van der Waals surface area contributed by atoms with Crippen LogP contribution in [0.4, 0.5) is 0 Å². The molecule has 0 heterocycles. The number of carbonyl (C=O) groups excluding carboxylic acids is 2. The van der Waals surface area contributed by atoms with Crippen LogP contribution in [-0.2, 0) is 19.1 Å². The minimum atomic E-state index is -0.834. The summed E-state index contributed by atoms with van der Waals surface area (Å²) in [6.45, 7) is 3.49. The molecular weight excluding hydrogens is 246 g/mol. The molecule has 0 N–H and O–H groups in total. The Kier molecular flexibility index (Phi) is 7.48. The van der Waals surface area contributed by atoms with Gasteiger partial charge in [0.2, 0.25) is 0 Å². The second-order valence-electron chi connectivity index (χ2n) is 2.63. The third-order valence-electron chi connectivity index (χ3n) is 1.51. The predicted molar refractivity (Wildman–Crippen MR) is 60.9 cm³/mol. The van der Waals surface area contributed by atoms with Gasteiger partial charge in [-0.25, -0.2) is 9.59 Å². The van der Waals surface area contributed by atoms with E-state index in [0.29, 0.717) is 0 Å². The second kappa shape index (κ2) is 8.36. The van der Waals surface area contributed by atoms with Gasteiger partial charge in [0, 0.05) is 6.08 Å². The molecule has 5 nitrogen and oxygen atoms in total. The second-order valence-corrected chi connectivity index (χ2v) is 3.01. The number of ether oxygens (including phenoxy) is 2. The lowest BCUT2D eigenvalue weighted by molar-refractivity contribution is -0.141. The summed E-state index contributed by atoms with van der Waals surface area (Å²) in [5.74, 6) is -1.61. The van der Waals surface area contributed by atoms with Crippen molar-refractivity contribution < 1.29 is 19.1 Å². The van der Waals surface area contributed by atoms with E-state index in [1.54, 1.807) is 19.9 Å². The van der Waals surface area contributed by atoms with Crippen molar-refractivity contribution in [2.45, 2.75) is 13.8 Å². The van der Waals surface area contributed by atoms with Gasteiger partial charge >= 0.3 is 11.9 Å². The topological polar surface area (TPSA) is 76.4 Å². The molecule has 0 saturated heterocycles. The van der Waals surface area contributed by atoms with Crippen LogP contribution in [0.15, 0.2) is 22.8 Å². The molecule has 0 unspecified atom stereocenters. The van der Waals surface area contributed by atoms with E-state index in [2.05, 4.69) is 4.74 Å². The van der Waals surface area contributed by atoms with E-state index in [1.165, 1.54) is 0 Å². The first-order valence-electron chi connectivity index (χ1n) is 4.88. The van der Waals surface area contributed by atoms with Crippen LogP contribution in [0, 0.1) is 11.3 Å². The average Bonchev–Trinajstić information content (AvgIpc) is 2.30. The maximum Gasteiger partial charge on any atom is 0.350 e. The van der Waals surface area contributed by atoms with E-state index in [-0.39, 0.29) is 18.8 Å². The summed E-state index contributed by atoms with van der Waals surface area (Å²) >= 11 is 5.69. The van der Waals surface area contributed by atoms with Crippen molar-refractivity contribution in [1.82, 2.24) is 0 Å². The largest absolute Gasteiger partial charge is 0.462 e. The molecule has 0 atom stereocenters. The number of carbonyl (C=O) groups is 2. The monoisotopic (exact) mass is 257 g/mol. The first-order valence-corrected chi connectivity index (χ1v) is 5.26. The van der Waals surface area contributed by atoms with Crippen molar-refractivity contribution in [1.29, 1.82) is 5.26 Å². The molecule has 0 amide bonds. The third kappa shape index (κ3) is 5.18. The summed E-state index contributed by atoms with van der Waals surface area (Å²) < 4.78 is 9.34. The molecule has 0 aromatic carbocycles. The molecule has 0 spiro atoms. The van der Waals surface area contributed by atoms with Crippen LogP contribution in [-0.4, -0.2) is 25.2 Å². The lowest BCUT2D eigenvalue weighted by atomic mass is 10.2. The standard InChI is InChI=1S/C11H12ClNO4/c1-3-16-10(14)8(6-5-7-13)9(12)11(15)17-4-2/h5-6H,3-4H2,1-2H3/b6-5+,9-8-. The summed E-state index contributed by atoms with van der Waals surface area (Å²) in [5.41, 5.74) is -0.200. The number of nitrogens with zero attached hydrogens (tertiary/aromatic N) is 1. The van der Waals surface area contributed by atoms with Crippen LogP contribution in [0.3, 0.4) is 0 Å². The van der Waals surface area contributed by atoms with Crippen molar-refractivity contribution in [2.24, 2.45) is 0 Å². The molecule has 0 aliphatic carbocycles. The number of allylic oxidation sites excluding steroid dienone is 1. The van der Waals surface area contributed by atoms with Gasteiger partial charge in [-0.05, 0) is 19.9 Å². The lowest BCUT2D eigenvalue weighted by Gasteiger charge is -2.05. The van der Waals surface area contributed by atoms with Crippen molar-refractivity contribution >= 4 is 23.5 Å². The van der Waals surface area contributed by atoms with Crippen LogP contribution < -0.4 is 0 Å². The van der Waals surface area contributed by atoms with Gasteiger partial charge in [0.15, 0.2) is 0 Å². The lowest BCUT2D eigenvalue weighted by Crippen LogP contribution is -2.13. The quantitative estimate of drug-likeness (QED) is 0.324. The van der Waals surface area contributed by atoms with Gasteiger partial charge in [-0.3, -0.25) is 0 Å². The molecule has 0 rings (SSSR count). The Morgan fingerprint density at radius 3 is 2.24 bits per heavy atom. The molecule has 92 valence electrons. The fourth-order valence-electron chi connectivity index (χ4n) is 0.865. The number of hydrogen-bond acceptors (Lipinski definition) is 5. The number of esters is 2. The predicted octanol–water partition coefficient (Wildman–Crippen LogP) is 1.69. The van der Waals surface area contributed by atoms with E-state index in [4.69, 9.17) is 21.6 Å². The zero-order chi connectivity index (χ0) is 13.3. The minimum Gasteiger partial charge on any atom is -0.462 e. The molecule has 6 heteroatoms. The Morgan fingerprint density at radius 2 is 1.76 bits per heavy atom. The Bertz CT molecular complexity index is 393. The van der Waals surface area contributed by atoms with E-state index < -0.39 is 17.0 Å². The first kappa shape index (κ1) is 15.2. The van der Waals surface area contributed by atoms with Gasteiger partial charge in [0.1, 0.15) is 5.03 Å². The third-order valence-corrected chi connectivity index (χ3v) is 1.87. The SMILES string of the molecule is CCOC(=O)/C(Cl)=C(\C=C\C#N)C(=O)OCC. The zero-order valence-electron chi connectivity index (χ0n) is 9.53. The van der Waals surface area contributed by atoms with Gasteiger partial charge < -0.3 is 9.47 Å². The smallest absolute Gasteiger partial charge is 0.350 e. The van der Waals surface area contributed by atoms with Gasteiger partial charge in [0.25, 0.3) is 0 Å². The van der Waals surface area contributed by atoms with Crippen LogP contribution in [0.5, 0.6) is 0 Å². The van der Waals surface area contributed by atoms with Gasteiger partial charge in [-0.2, -0.15) is 5.26 Å². The van der Waals surface area contributed by atoms with Crippen molar-refractivity contribution in [3.63, 3.8) is 0 Å². The van der Waals surface area contributed by atoms with Gasteiger partial charge in [-0.1, -0.05) is 11.6 Å². The highest BCUT2D eigenvalue weighted by Gasteiger charge is 2.19. The first-order chi connectivity index (χ1) is 8.08. The number of rotatable bonds is 5. The maximum atomic E-state index is 11.5. The normalized spacial score (nSPS) is 11.6.